The smallest absolute Gasteiger partial charge is 0.123 e. The summed E-state index contributed by atoms with van der Waals surface area (Å²) >= 11 is 11.7. The first kappa shape index (κ1) is 14.3. The Morgan fingerprint density at radius 1 is 1.11 bits per heavy atom. The predicted molar refractivity (Wildman–Crippen MR) is 76.2 cm³/mol. The van der Waals surface area contributed by atoms with Crippen LogP contribution in [0.15, 0.2) is 48.5 Å². The van der Waals surface area contributed by atoms with Crippen molar-refractivity contribution in [2.24, 2.45) is 0 Å². The Labute approximate surface area is 121 Å². The van der Waals surface area contributed by atoms with Crippen molar-refractivity contribution in [3.05, 3.63) is 70.5 Å². The Kier molecular flexibility index (Phi) is 4.46. The van der Waals surface area contributed by atoms with Gasteiger partial charge in [0.2, 0.25) is 0 Å². The molecule has 2 aromatic rings. The molecule has 0 bridgehead atoms. The maximum absolute atomic E-state index is 13.3. The average Bonchev–Trinajstić information content (AvgIpc) is 2.41. The van der Waals surface area contributed by atoms with Crippen LogP contribution >= 0.6 is 23.2 Å². The zero-order chi connectivity index (χ0) is 13.9. The van der Waals surface area contributed by atoms with Crippen LogP contribution in [0.4, 0.5) is 4.39 Å². The minimum Gasteiger partial charge on any atom is -0.384 e. The fraction of sp³-hybridized carbons (Fsp3) is 0.200. The van der Waals surface area contributed by atoms with Gasteiger partial charge < -0.3 is 5.11 Å². The molecule has 1 nitrogen and oxygen atoms in total. The van der Waals surface area contributed by atoms with Crippen molar-refractivity contribution >= 4 is 23.2 Å². The maximum atomic E-state index is 13.3. The molecule has 0 spiro atoms. The van der Waals surface area contributed by atoms with Crippen molar-refractivity contribution in [2.45, 2.75) is 12.0 Å². The SMILES string of the molecule is OC(CCl)(Cc1ccc(Cl)cc1)c1cccc(F)c1. The molecule has 2 aromatic carbocycles. The van der Waals surface area contributed by atoms with E-state index < -0.39 is 11.4 Å². The van der Waals surface area contributed by atoms with E-state index >= 15 is 0 Å². The minimum atomic E-state index is -1.29. The first-order valence-corrected chi connectivity index (χ1v) is 6.73. The molecule has 0 amide bonds. The first-order valence-electron chi connectivity index (χ1n) is 5.82. The molecule has 0 fully saturated rings. The number of halogens is 3. The molecule has 0 radical (unpaired) electrons. The van der Waals surface area contributed by atoms with Gasteiger partial charge in [-0.1, -0.05) is 35.9 Å². The summed E-state index contributed by atoms with van der Waals surface area (Å²) in [7, 11) is 0. The summed E-state index contributed by atoms with van der Waals surface area (Å²) in [6.07, 6.45) is 0.303. The van der Waals surface area contributed by atoms with Gasteiger partial charge in [-0.15, -0.1) is 11.6 Å². The van der Waals surface area contributed by atoms with Gasteiger partial charge in [-0.2, -0.15) is 0 Å². The van der Waals surface area contributed by atoms with Crippen LogP contribution in [0.2, 0.25) is 5.02 Å². The number of aliphatic hydroxyl groups is 1. The van der Waals surface area contributed by atoms with Crippen LogP contribution in [0.25, 0.3) is 0 Å². The normalized spacial score (nSPS) is 14.1. The van der Waals surface area contributed by atoms with Crippen LogP contribution in [-0.4, -0.2) is 11.0 Å². The number of alkyl halides is 1. The van der Waals surface area contributed by atoms with E-state index in [2.05, 4.69) is 0 Å². The average molecular weight is 299 g/mol. The van der Waals surface area contributed by atoms with Crippen LogP contribution in [0.1, 0.15) is 11.1 Å². The Morgan fingerprint density at radius 2 is 1.79 bits per heavy atom. The van der Waals surface area contributed by atoms with E-state index in [1.807, 2.05) is 12.1 Å². The standard InChI is InChI=1S/C15H13Cl2FO/c16-10-15(19,12-2-1-3-14(18)8-12)9-11-4-6-13(17)7-5-11/h1-8,19H,9-10H2. The van der Waals surface area contributed by atoms with E-state index in [1.54, 1.807) is 24.3 Å². The molecule has 0 aliphatic rings. The van der Waals surface area contributed by atoms with Gasteiger partial charge in [0.25, 0.3) is 0 Å². The molecule has 1 N–H and O–H groups in total. The van der Waals surface area contributed by atoms with Crippen molar-refractivity contribution < 1.29 is 9.50 Å². The van der Waals surface area contributed by atoms with E-state index in [0.717, 1.165) is 5.56 Å². The van der Waals surface area contributed by atoms with Gasteiger partial charge in [0, 0.05) is 11.4 Å². The predicted octanol–water partition coefficient (Wildman–Crippen LogP) is 4.15. The maximum Gasteiger partial charge on any atom is 0.123 e. The third kappa shape index (κ3) is 3.47. The molecule has 0 aromatic heterocycles. The van der Waals surface area contributed by atoms with Gasteiger partial charge >= 0.3 is 0 Å². The lowest BCUT2D eigenvalue weighted by Gasteiger charge is -2.26. The first-order chi connectivity index (χ1) is 9.03. The quantitative estimate of drug-likeness (QED) is 0.841. The van der Waals surface area contributed by atoms with Crippen molar-refractivity contribution in [2.75, 3.05) is 5.88 Å². The number of hydrogen-bond donors (Lipinski definition) is 1. The van der Waals surface area contributed by atoms with E-state index in [1.165, 1.54) is 12.1 Å². The van der Waals surface area contributed by atoms with Gasteiger partial charge in [0.1, 0.15) is 11.4 Å². The summed E-state index contributed by atoms with van der Waals surface area (Å²) < 4.78 is 13.3. The summed E-state index contributed by atoms with van der Waals surface area (Å²) in [5, 5.41) is 11.2. The van der Waals surface area contributed by atoms with Crippen LogP contribution in [0, 0.1) is 5.82 Å². The Hall–Kier alpha value is -1.09. The zero-order valence-electron chi connectivity index (χ0n) is 10.1. The minimum absolute atomic E-state index is 0.0148. The van der Waals surface area contributed by atoms with Crippen molar-refractivity contribution in [3.63, 3.8) is 0 Å². The van der Waals surface area contributed by atoms with Gasteiger partial charge in [-0.25, -0.2) is 4.39 Å². The van der Waals surface area contributed by atoms with Gasteiger partial charge in [-0.05, 0) is 35.4 Å². The third-order valence-electron chi connectivity index (χ3n) is 2.99. The molecule has 4 heteroatoms. The largest absolute Gasteiger partial charge is 0.384 e. The highest BCUT2D eigenvalue weighted by Gasteiger charge is 2.29. The lowest BCUT2D eigenvalue weighted by Crippen LogP contribution is -2.30. The van der Waals surface area contributed by atoms with Crippen LogP contribution in [0.5, 0.6) is 0 Å². The second kappa shape index (κ2) is 5.91. The van der Waals surface area contributed by atoms with Crippen LogP contribution in [-0.2, 0) is 12.0 Å². The fourth-order valence-electron chi connectivity index (χ4n) is 1.94. The molecule has 1 atom stereocenters. The van der Waals surface area contributed by atoms with Gasteiger partial charge in [-0.3, -0.25) is 0 Å². The highest BCUT2D eigenvalue weighted by molar-refractivity contribution is 6.30. The molecular formula is C15H13Cl2FO. The highest BCUT2D eigenvalue weighted by atomic mass is 35.5. The molecular weight excluding hydrogens is 286 g/mol. The summed E-state index contributed by atoms with van der Waals surface area (Å²) in [5.41, 5.74) is 0.0616. The summed E-state index contributed by atoms with van der Waals surface area (Å²) in [4.78, 5) is 0. The van der Waals surface area contributed by atoms with E-state index in [9.17, 15) is 9.50 Å². The molecule has 0 aliphatic carbocycles. The second-order valence-electron chi connectivity index (χ2n) is 4.48. The fourth-order valence-corrected chi connectivity index (χ4v) is 2.32. The van der Waals surface area contributed by atoms with Crippen molar-refractivity contribution in [3.8, 4) is 0 Å². The zero-order valence-corrected chi connectivity index (χ0v) is 11.6. The lowest BCUT2D eigenvalue weighted by molar-refractivity contribution is 0.0611. The summed E-state index contributed by atoms with van der Waals surface area (Å²) in [5.74, 6) is -0.406. The molecule has 1 unspecified atom stereocenters. The van der Waals surface area contributed by atoms with E-state index in [0.29, 0.717) is 17.0 Å². The van der Waals surface area contributed by atoms with Crippen LogP contribution in [0.3, 0.4) is 0 Å². The molecule has 2 rings (SSSR count). The monoisotopic (exact) mass is 298 g/mol. The van der Waals surface area contributed by atoms with Crippen molar-refractivity contribution in [1.29, 1.82) is 0 Å². The molecule has 19 heavy (non-hydrogen) atoms. The molecule has 0 saturated heterocycles. The lowest BCUT2D eigenvalue weighted by atomic mass is 9.89. The number of hydrogen-bond acceptors (Lipinski definition) is 1. The van der Waals surface area contributed by atoms with E-state index in [4.69, 9.17) is 23.2 Å². The summed E-state index contributed by atoms with van der Waals surface area (Å²) in [6.45, 7) is 0. The molecule has 0 saturated carbocycles. The number of benzene rings is 2. The molecule has 0 aliphatic heterocycles. The van der Waals surface area contributed by atoms with Crippen molar-refractivity contribution in [1.82, 2.24) is 0 Å². The van der Waals surface area contributed by atoms with E-state index in [-0.39, 0.29) is 5.88 Å². The highest BCUT2D eigenvalue weighted by Crippen LogP contribution is 2.28. The van der Waals surface area contributed by atoms with Gasteiger partial charge in [0.15, 0.2) is 0 Å². The molecule has 0 heterocycles. The Bertz CT molecular complexity index is 556. The number of rotatable bonds is 4. The Morgan fingerprint density at radius 3 is 2.37 bits per heavy atom. The topological polar surface area (TPSA) is 20.2 Å². The third-order valence-corrected chi connectivity index (χ3v) is 3.69. The summed E-state index contributed by atoms with van der Waals surface area (Å²) in [6, 6.07) is 13.0. The molecule has 100 valence electrons. The second-order valence-corrected chi connectivity index (χ2v) is 5.18. The van der Waals surface area contributed by atoms with Crippen LogP contribution < -0.4 is 0 Å². The Balaban J connectivity index is 2.30. The van der Waals surface area contributed by atoms with Gasteiger partial charge in [0.05, 0.1) is 5.88 Å².